The van der Waals surface area contributed by atoms with Crippen LogP contribution in [-0.4, -0.2) is 36.8 Å². The first kappa shape index (κ1) is 18.1. The second kappa shape index (κ2) is 7.12. The Morgan fingerprint density at radius 3 is 1.00 bits per heavy atom. The monoisotopic (exact) mass is 508 g/mol. The van der Waals surface area contributed by atoms with Crippen molar-refractivity contribution in [2.45, 2.75) is 29.6 Å². The van der Waals surface area contributed by atoms with Crippen LogP contribution in [0.1, 0.15) is 11.1 Å². The van der Waals surface area contributed by atoms with Gasteiger partial charge in [0.25, 0.3) is 0 Å². The van der Waals surface area contributed by atoms with E-state index in [1.54, 1.807) is 7.16 Å². The van der Waals surface area contributed by atoms with Crippen LogP contribution in [0.25, 0.3) is 12.2 Å². The minimum absolute atomic E-state index is 1.29. The molecule has 0 fully saturated rings. The molecule has 0 saturated heterocycles. The van der Waals surface area contributed by atoms with Gasteiger partial charge in [0.15, 0.2) is 0 Å². The van der Waals surface area contributed by atoms with Crippen molar-refractivity contribution < 1.29 is 0 Å². The molecule has 0 aromatic heterocycles. The van der Waals surface area contributed by atoms with Gasteiger partial charge in [-0.25, -0.2) is 0 Å². The average Bonchev–Trinajstić information content (AvgIpc) is 2.44. The van der Waals surface area contributed by atoms with Crippen LogP contribution in [0.5, 0.6) is 0 Å². The van der Waals surface area contributed by atoms with Crippen LogP contribution in [0.3, 0.4) is 0 Å². The summed E-state index contributed by atoms with van der Waals surface area (Å²) in [6.45, 7) is 0. The second-order valence-corrected chi connectivity index (χ2v) is 37.1. The van der Waals surface area contributed by atoms with E-state index in [0.717, 1.165) is 0 Å². The Balaban J connectivity index is 2.12. The molecule has 0 aliphatic rings. The van der Waals surface area contributed by atoms with E-state index in [2.05, 4.69) is 90.3 Å². The van der Waals surface area contributed by atoms with Crippen molar-refractivity contribution in [3.63, 3.8) is 0 Å². The van der Waals surface area contributed by atoms with E-state index >= 15 is 0 Å². The summed E-state index contributed by atoms with van der Waals surface area (Å²) in [6, 6.07) is 18.3. The van der Waals surface area contributed by atoms with Crippen molar-refractivity contribution in [3.05, 3.63) is 59.7 Å². The third-order valence-corrected chi connectivity index (χ3v) is 15.8. The summed E-state index contributed by atoms with van der Waals surface area (Å²) in [6.07, 6.45) is 4.44. The van der Waals surface area contributed by atoms with E-state index in [0.29, 0.717) is 0 Å². The van der Waals surface area contributed by atoms with E-state index in [-0.39, 0.29) is 0 Å². The summed E-state index contributed by atoms with van der Waals surface area (Å²) in [5.41, 5.74) is 2.58. The Morgan fingerprint density at radius 1 is 0.500 bits per heavy atom. The molecule has 2 heteroatoms. The SMILES string of the molecule is [CH3][Sn]([CH3])([CH3])[c]1ccc(C=Cc2cc[c]([Sn]([CH3])([CH3])[CH3])cc2)cc1. The summed E-state index contributed by atoms with van der Waals surface area (Å²) in [7, 11) is 0. The van der Waals surface area contributed by atoms with E-state index in [1.165, 1.54) is 11.1 Å². The quantitative estimate of drug-likeness (QED) is 0.408. The fourth-order valence-corrected chi connectivity index (χ4v) is 9.04. The van der Waals surface area contributed by atoms with E-state index in [4.69, 9.17) is 0 Å². The topological polar surface area (TPSA) is 0 Å². The van der Waals surface area contributed by atoms with Gasteiger partial charge in [0.05, 0.1) is 0 Å². The van der Waals surface area contributed by atoms with Crippen LogP contribution in [-0.2, 0) is 0 Å². The van der Waals surface area contributed by atoms with Gasteiger partial charge in [-0.2, -0.15) is 0 Å². The number of rotatable bonds is 4. The van der Waals surface area contributed by atoms with Gasteiger partial charge in [-0.1, -0.05) is 0 Å². The maximum absolute atomic E-state index is 2.46. The van der Waals surface area contributed by atoms with Crippen molar-refractivity contribution in [1.82, 2.24) is 0 Å². The van der Waals surface area contributed by atoms with Gasteiger partial charge in [-0.05, 0) is 0 Å². The van der Waals surface area contributed by atoms with Crippen LogP contribution in [0, 0.1) is 0 Å². The zero-order chi connectivity index (χ0) is 16.4. The molecule has 0 N–H and O–H groups in total. The zero-order valence-corrected chi connectivity index (χ0v) is 20.5. The standard InChI is InChI=1S/C14H10.6CH3.2Sn/c1-3-7-13(8-4-1)11-12-14-9-5-2-6-10-14;;;;;;;;/h3-12H;6*1H3;;. The Kier molecular flexibility index (Phi) is 5.87. The molecule has 0 saturated carbocycles. The van der Waals surface area contributed by atoms with Gasteiger partial charge in [-0.3, -0.25) is 0 Å². The van der Waals surface area contributed by atoms with Gasteiger partial charge >= 0.3 is 145 Å². The van der Waals surface area contributed by atoms with Crippen molar-refractivity contribution in [3.8, 4) is 0 Å². The molecule has 0 radical (unpaired) electrons. The summed E-state index contributed by atoms with van der Waals surface area (Å²) < 4.78 is 3.18. The van der Waals surface area contributed by atoms with Crippen LogP contribution >= 0.6 is 0 Å². The molecule has 2 aromatic rings. The van der Waals surface area contributed by atoms with E-state index in [1.807, 2.05) is 0 Å². The van der Waals surface area contributed by atoms with Crippen LogP contribution < -0.4 is 7.16 Å². The van der Waals surface area contributed by atoms with Crippen molar-refractivity contribution in [1.29, 1.82) is 0 Å². The fraction of sp³-hybridized carbons (Fsp3) is 0.300. The molecule has 116 valence electrons. The molecule has 0 nitrogen and oxygen atoms in total. The Bertz CT molecular complexity index is 577. The van der Waals surface area contributed by atoms with Gasteiger partial charge < -0.3 is 0 Å². The molecular formula is C20H28Sn2. The maximum atomic E-state index is 2.46. The minimum atomic E-state index is -1.90. The van der Waals surface area contributed by atoms with Crippen LogP contribution in [0.15, 0.2) is 48.5 Å². The molecule has 2 aromatic carbocycles. The van der Waals surface area contributed by atoms with Crippen LogP contribution in [0.4, 0.5) is 0 Å². The molecule has 2 rings (SSSR count). The molecule has 0 bridgehead atoms. The average molecular weight is 506 g/mol. The Morgan fingerprint density at radius 2 is 0.773 bits per heavy atom. The van der Waals surface area contributed by atoms with Gasteiger partial charge in [0.2, 0.25) is 0 Å². The van der Waals surface area contributed by atoms with Crippen molar-refractivity contribution in [2.75, 3.05) is 0 Å². The van der Waals surface area contributed by atoms with Gasteiger partial charge in [0.1, 0.15) is 0 Å². The molecule has 0 aliphatic carbocycles. The van der Waals surface area contributed by atoms with Crippen molar-refractivity contribution >= 4 is 56.1 Å². The Labute approximate surface area is 144 Å². The number of hydrogen-bond donors (Lipinski definition) is 0. The van der Waals surface area contributed by atoms with Gasteiger partial charge in [0, 0.05) is 0 Å². The summed E-state index contributed by atoms with van der Waals surface area (Å²) in [5.74, 6) is 0. The first-order chi connectivity index (χ1) is 10.2. The zero-order valence-electron chi connectivity index (χ0n) is 14.8. The summed E-state index contributed by atoms with van der Waals surface area (Å²) in [5, 5.41) is 0. The predicted molar refractivity (Wildman–Crippen MR) is 108 cm³/mol. The molecule has 0 heterocycles. The van der Waals surface area contributed by atoms with Crippen molar-refractivity contribution in [2.24, 2.45) is 0 Å². The van der Waals surface area contributed by atoms with Crippen LogP contribution in [0.2, 0.25) is 29.6 Å². The fourth-order valence-electron chi connectivity index (χ4n) is 2.38. The number of benzene rings is 2. The summed E-state index contributed by atoms with van der Waals surface area (Å²) in [4.78, 5) is 14.8. The Hall–Kier alpha value is -0.223. The third-order valence-electron chi connectivity index (χ3n) is 4.02. The molecule has 0 atom stereocenters. The third kappa shape index (κ3) is 5.16. The molecule has 22 heavy (non-hydrogen) atoms. The molecule has 0 unspecified atom stereocenters. The predicted octanol–water partition coefficient (Wildman–Crippen LogP) is 4.95. The molecule has 0 spiro atoms. The first-order valence-electron chi connectivity index (χ1n) is 8.05. The number of hydrogen-bond acceptors (Lipinski definition) is 0. The summed E-state index contributed by atoms with van der Waals surface area (Å²) >= 11 is -3.81. The molecule has 0 aliphatic heterocycles. The normalized spacial score (nSPS) is 12.8. The molecular weight excluding hydrogens is 478 g/mol. The molecule has 0 amide bonds. The van der Waals surface area contributed by atoms with E-state index < -0.39 is 36.8 Å². The second-order valence-electron chi connectivity index (χ2n) is 8.08. The van der Waals surface area contributed by atoms with E-state index in [9.17, 15) is 0 Å². The van der Waals surface area contributed by atoms with Gasteiger partial charge in [-0.15, -0.1) is 0 Å². The first-order valence-corrected chi connectivity index (χ1v) is 28.0.